The highest BCUT2D eigenvalue weighted by Crippen LogP contribution is 2.43. The lowest BCUT2D eigenvalue weighted by atomic mass is 9.96. The number of anilines is 2. The van der Waals surface area contributed by atoms with Gasteiger partial charge in [0, 0.05) is 67.1 Å². The quantitative estimate of drug-likeness (QED) is 0.163. The number of aryl methyl sites for hydroxylation is 4. The van der Waals surface area contributed by atoms with Crippen LogP contribution in [0.25, 0.3) is 44.7 Å². The summed E-state index contributed by atoms with van der Waals surface area (Å²) in [5.74, 6) is 1.71. The molecule has 0 bridgehead atoms. The standard InChI is InChI=1S/C23H27FN4O3.C20H20BrFN4O3/c1-13(2)16-11-17-14(3)19(22-25-15(4)27-31-22)21(26-20(17)18(24)12-16)28-7-5-23(6-8-28)29-9-10-30-23;1-11-14-9-13(21)10-15(22)17(14)24-18(16(11)19-23-12(2)25-29-19)26-5-3-20(4-6-26)27-7-8-28-20/h11-13H,5-10H2,1-4H3;9-10H,3-8H2,1-2H3. The van der Waals surface area contributed by atoms with E-state index in [1.807, 2.05) is 26.0 Å². The largest absolute Gasteiger partial charge is 0.356 e. The van der Waals surface area contributed by atoms with Gasteiger partial charge in [-0.05, 0) is 74.6 Å². The summed E-state index contributed by atoms with van der Waals surface area (Å²) in [6, 6.07) is 6.90. The third-order valence-electron chi connectivity index (χ3n) is 12.0. The summed E-state index contributed by atoms with van der Waals surface area (Å²) in [5, 5.41) is 9.40. The van der Waals surface area contributed by atoms with Gasteiger partial charge in [0.25, 0.3) is 11.8 Å². The van der Waals surface area contributed by atoms with Crippen LogP contribution in [0, 0.1) is 39.3 Å². The van der Waals surface area contributed by atoms with Gasteiger partial charge in [0.2, 0.25) is 0 Å². The van der Waals surface area contributed by atoms with Gasteiger partial charge in [-0.2, -0.15) is 9.97 Å². The van der Waals surface area contributed by atoms with Crippen LogP contribution < -0.4 is 9.80 Å². The Bertz CT molecular complexity index is 2570. The van der Waals surface area contributed by atoms with Gasteiger partial charge in [-0.15, -0.1) is 0 Å². The normalized spacial score (nSPS) is 18.7. The molecule has 316 valence electrons. The maximum Gasteiger partial charge on any atom is 0.261 e. The van der Waals surface area contributed by atoms with E-state index >= 15 is 4.39 Å². The number of rotatable bonds is 5. The number of pyridine rings is 2. The minimum Gasteiger partial charge on any atom is -0.356 e. The Morgan fingerprint density at radius 3 is 1.42 bits per heavy atom. The molecule has 0 radical (unpaired) electrons. The third kappa shape index (κ3) is 7.52. The van der Waals surface area contributed by atoms with E-state index in [1.54, 1.807) is 19.9 Å². The van der Waals surface area contributed by atoms with Gasteiger partial charge < -0.3 is 37.8 Å². The van der Waals surface area contributed by atoms with Crippen LogP contribution in [0.1, 0.15) is 73.8 Å². The molecule has 4 aliphatic heterocycles. The molecule has 10 rings (SSSR count). The van der Waals surface area contributed by atoms with Crippen molar-refractivity contribution in [2.45, 2.75) is 84.7 Å². The van der Waals surface area contributed by atoms with Crippen molar-refractivity contribution in [3.05, 3.63) is 68.7 Å². The number of hydrogen-bond acceptors (Lipinski definition) is 14. The van der Waals surface area contributed by atoms with Gasteiger partial charge in [-0.1, -0.05) is 40.1 Å². The Morgan fingerprint density at radius 1 is 0.600 bits per heavy atom. The molecular weight excluding hydrogens is 842 g/mol. The third-order valence-corrected chi connectivity index (χ3v) is 12.4. The first-order valence-corrected chi connectivity index (χ1v) is 21.2. The second-order valence-electron chi connectivity index (χ2n) is 16.2. The summed E-state index contributed by atoms with van der Waals surface area (Å²) in [6.45, 7) is 16.8. The molecule has 60 heavy (non-hydrogen) atoms. The van der Waals surface area contributed by atoms with E-state index in [0.717, 1.165) is 58.9 Å². The Morgan fingerprint density at radius 2 is 1.02 bits per heavy atom. The summed E-state index contributed by atoms with van der Waals surface area (Å²) < 4.78 is 65.0. The topological polar surface area (TPSA) is 147 Å². The van der Waals surface area contributed by atoms with E-state index < -0.39 is 11.6 Å². The predicted octanol–water partition coefficient (Wildman–Crippen LogP) is 8.65. The average molecular weight is 890 g/mol. The van der Waals surface area contributed by atoms with Crippen molar-refractivity contribution in [1.82, 2.24) is 30.2 Å². The molecule has 4 saturated heterocycles. The van der Waals surface area contributed by atoms with Crippen LogP contribution in [0.4, 0.5) is 20.4 Å². The number of nitrogens with zero attached hydrogens (tertiary/aromatic N) is 8. The van der Waals surface area contributed by atoms with Crippen molar-refractivity contribution in [3.63, 3.8) is 0 Å². The summed E-state index contributed by atoms with van der Waals surface area (Å²) in [6.07, 6.45) is 2.89. The van der Waals surface area contributed by atoms with Crippen molar-refractivity contribution in [2.75, 3.05) is 62.4 Å². The van der Waals surface area contributed by atoms with Crippen molar-refractivity contribution >= 4 is 49.4 Å². The number of aromatic nitrogens is 6. The Kier molecular flexibility index (Phi) is 10.8. The summed E-state index contributed by atoms with van der Waals surface area (Å²) in [5.41, 5.74) is 4.87. The van der Waals surface area contributed by atoms with Crippen LogP contribution >= 0.6 is 15.9 Å². The van der Waals surface area contributed by atoms with Gasteiger partial charge in [0.15, 0.2) is 29.0 Å². The number of fused-ring (bicyclic) bond motifs is 2. The Labute approximate surface area is 354 Å². The fourth-order valence-electron chi connectivity index (χ4n) is 8.70. The van der Waals surface area contributed by atoms with Crippen LogP contribution in [0.2, 0.25) is 0 Å². The first-order chi connectivity index (χ1) is 28.8. The Balaban J connectivity index is 0.000000154. The minimum absolute atomic E-state index is 0.205. The van der Waals surface area contributed by atoms with E-state index in [4.69, 9.17) is 38.0 Å². The molecule has 0 atom stereocenters. The second-order valence-corrected chi connectivity index (χ2v) is 17.1. The van der Waals surface area contributed by atoms with Gasteiger partial charge in [0.05, 0.1) is 37.6 Å². The number of benzene rings is 2. The first kappa shape index (κ1) is 40.7. The fourth-order valence-corrected chi connectivity index (χ4v) is 9.13. The molecule has 17 heteroatoms. The maximum absolute atomic E-state index is 15.1. The molecule has 2 spiro atoms. The summed E-state index contributed by atoms with van der Waals surface area (Å²) in [4.78, 5) is 22.7. The van der Waals surface area contributed by atoms with Crippen molar-refractivity contribution in [1.29, 1.82) is 0 Å². The highest BCUT2D eigenvalue weighted by Gasteiger charge is 2.42. The van der Waals surface area contributed by atoms with Crippen molar-refractivity contribution in [2.24, 2.45) is 0 Å². The van der Waals surface area contributed by atoms with Crippen LogP contribution in [0.5, 0.6) is 0 Å². The molecule has 0 amide bonds. The van der Waals surface area contributed by atoms with Crippen molar-refractivity contribution in [3.8, 4) is 22.9 Å². The first-order valence-electron chi connectivity index (χ1n) is 20.4. The summed E-state index contributed by atoms with van der Waals surface area (Å²) >= 11 is 3.37. The molecule has 0 unspecified atom stereocenters. The van der Waals surface area contributed by atoms with E-state index in [0.29, 0.717) is 109 Å². The van der Waals surface area contributed by atoms with Gasteiger partial charge in [-0.3, -0.25) is 0 Å². The van der Waals surface area contributed by atoms with E-state index in [9.17, 15) is 4.39 Å². The fraction of sp³-hybridized carbons (Fsp3) is 0.488. The van der Waals surface area contributed by atoms with Gasteiger partial charge in [0.1, 0.15) is 28.5 Å². The average Bonchev–Trinajstić information content (AvgIpc) is 4.06. The van der Waals surface area contributed by atoms with Crippen molar-refractivity contribution < 1.29 is 36.8 Å². The number of piperidine rings is 2. The highest BCUT2D eigenvalue weighted by atomic mass is 79.9. The van der Waals surface area contributed by atoms with Gasteiger partial charge >= 0.3 is 0 Å². The molecule has 6 aromatic rings. The lowest BCUT2D eigenvalue weighted by Crippen LogP contribution is -2.45. The zero-order valence-corrected chi connectivity index (χ0v) is 36.1. The zero-order chi connectivity index (χ0) is 41.9. The van der Waals surface area contributed by atoms with E-state index in [-0.39, 0.29) is 17.6 Å². The molecule has 4 fully saturated rings. The number of ether oxygens (including phenoxy) is 4. The maximum atomic E-state index is 15.1. The van der Waals surface area contributed by atoms with E-state index in [2.05, 4.69) is 59.9 Å². The summed E-state index contributed by atoms with van der Waals surface area (Å²) in [7, 11) is 0. The molecule has 0 saturated carbocycles. The SMILES string of the molecule is Cc1noc(-c2c(N3CCC4(CC3)OCCO4)nc3c(F)cc(Br)cc3c2C)n1.Cc1noc(-c2c(N3CCC4(CC3)OCCO4)nc3c(F)cc(C(C)C)cc3c2C)n1. The molecule has 0 aliphatic carbocycles. The Hall–Kier alpha value is -4.68. The number of hydrogen-bond donors (Lipinski definition) is 0. The second kappa shape index (κ2) is 16.0. The van der Waals surface area contributed by atoms with Crippen LogP contribution in [0.15, 0.2) is 37.8 Å². The van der Waals surface area contributed by atoms with Crippen LogP contribution in [0.3, 0.4) is 0 Å². The lowest BCUT2D eigenvalue weighted by molar-refractivity contribution is -0.169. The molecule has 0 N–H and O–H groups in total. The number of halogens is 3. The van der Waals surface area contributed by atoms with Crippen LogP contribution in [-0.2, 0) is 18.9 Å². The van der Waals surface area contributed by atoms with Crippen LogP contribution in [-0.4, -0.2) is 94.4 Å². The molecule has 4 aromatic heterocycles. The molecule has 14 nitrogen and oxygen atoms in total. The zero-order valence-electron chi connectivity index (χ0n) is 34.5. The molecule has 8 heterocycles. The highest BCUT2D eigenvalue weighted by molar-refractivity contribution is 9.10. The lowest BCUT2D eigenvalue weighted by Gasteiger charge is -2.38. The molecule has 2 aromatic carbocycles. The molecule has 4 aliphatic rings. The predicted molar refractivity (Wildman–Crippen MR) is 223 cm³/mol. The smallest absolute Gasteiger partial charge is 0.261 e. The monoisotopic (exact) mass is 888 g/mol. The molecular formula is C43H47BrF2N8O6. The van der Waals surface area contributed by atoms with Gasteiger partial charge in [-0.25, -0.2) is 18.7 Å². The minimum atomic E-state index is -0.500. The van der Waals surface area contributed by atoms with E-state index in [1.165, 1.54) is 6.07 Å².